The second kappa shape index (κ2) is 6.47. The number of nitrogens with one attached hydrogen (secondary N) is 2. The van der Waals surface area contributed by atoms with Gasteiger partial charge in [-0.2, -0.15) is 0 Å². The van der Waals surface area contributed by atoms with Gasteiger partial charge in [-0.3, -0.25) is 9.78 Å². The monoisotopic (exact) mass is 336 g/mol. The zero-order valence-electron chi connectivity index (χ0n) is 14.4. The molecule has 1 aliphatic rings. The Labute approximate surface area is 145 Å². The average molecular weight is 336 g/mol. The highest BCUT2D eigenvalue weighted by atomic mass is 16.3. The molecule has 0 saturated carbocycles. The summed E-state index contributed by atoms with van der Waals surface area (Å²) in [5.41, 5.74) is 2.91. The van der Waals surface area contributed by atoms with Gasteiger partial charge in [-0.05, 0) is 60.5 Å². The van der Waals surface area contributed by atoms with Crippen molar-refractivity contribution in [1.29, 1.82) is 0 Å². The number of hydrogen-bond donors (Lipinski definition) is 2. The number of pyridine rings is 1. The van der Waals surface area contributed by atoms with E-state index < -0.39 is 5.54 Å². The first-order chi connectivity index (χ1) is 11.9. The number of aromatic nitrogens is 1. The number of nitroso groups, excluding NO2 is 1. The molecule has 25 heavy (non-hydrogen) atoms. The highest BCUT2D eigenvalue weighted by Gasteiger charge is 2.23. The van der Waals surface area contributed by atoms with Gasteiger partial charge in [0.15, 0.2) is 0 Å². The summed E-state index contributed by atoms with van der Waals surface area (Å²) in [6.07, 6.45) is 6.11. The SMILES string of the molecule is Cc1cc(C(C)(C)N=O)ncc1-c1ccc2c(c1)=CNC(NC=O)C=2. The van der Waals surface area contributed by atoms with Crippen molar-refractivity contribution < 1.29 is 4.79 Å². The maximum absolute atomic E-state index is 11.0. The standard InChI is InChI=1S/C19H20N4O2/c1-12-6-17(19(2,3)23-25)20-10-16(12)14-5-4-13-8-18(22-11-24)21-9-15(13)7-14/h4-11,18,21H,1-3H3,(H,22,24). The van der Waals surface area contributed by atoms with E-state index in [9.17, 15) is 9.70 Å². The fraction of sp³-hybridized carbons (Fsp3) is 0.263. The molecule has 0 aliphatic carbocycles. The van der Waals surface area contributed by atoms with Crippen molar-refractivity contribution in [2.75, 3.05) is 0 Å². The van der Waals surface area contributed by atoms with Crippen LogP contribution in [0, 0.1) is 11.8 Å². The molecule has 1 aromatic heterocycles. The van der Waals surface area contributed by atoms with Crippen LogP contribution >= 0.6 is 0 Å². The first-order valence-electron chi connectivity index (χ1n) is 8.04. The minimum atomic E-state index is -0.841. The first-order valence-corrected chi connectivity index (χ1v) is 8.04. The number of hydrogen-bond acceptors (Lipinski definition) is 5. The summed E-state index contributed by atoms with van der Waals surface area (Å²) in [5.74, 6) is 0. The van der Waals surface area contributed by atoms with Gasteiger partial charge in [0.05, 0.1) is 5.69 Å². The molecule has 128 valence electrons. The van der Waals surface area contributed by atoms with Crippen molar-refractivity contribution in [2.24, 2.45) is 5.18 Å². The summed E-state index contributed by atoms with van der Waals surface area (Å²) >= 11 is 0. The predicted octanol–water partition coefficient (Wildman–Crippen LogP) is 1.25. The van der Waals surface area contributed by atoms with Crippen LogP contribution in [0.4, 0.5) is 0 Å². The summed E-state index contributed by atoms with van der Waals surface area (Å²) < 4.78 is 0. The summed E-state index contributed by atoms with van der Waals surface area (Å²) in [7, 11) is 0. The lowest BCUT2D eigenvalue weighted by Crippen LogP contribution is -2.45. The minimum Gasteiger partial charge on any atom is -0.368 e. The number of carbonyl (C=O) groups excluding carboxylic acids is 1. The number of rotatable bonds is 5. The molecule has 0 fully saturated rings. The Bertz CT molecular complexity index is 950. The third kappa shape index (κ3) is 3.28. The van der Waals surface area contributed by atoms with E-state index in [1.165, 1.54) is 0 Å². The van der Waals surface area contributed by atoms with E-state index in [0.717, 1.165) is 27.1 Å². The van der Waals surface area contributed by atoms with Gasteiger partial charge in [0.25, 0.3) is 0 Å². The molecule has 1 aromatic carbocycles. The zero-order valence-corrected chi connectivity index (χ0v) is 14.4. The molecule has 6 heteroatoms. The largest absolute Gasteiger partial charge is 0.368 e. The van der Waals surface area contributed by atoms with Gasteiger partial charge in [0, 0.05) is 18.0 Å². The zero-order chi connectivity index (χ0) is 18.0. The number of nitrogens with zero attached hydrogens (tertiary/aromatic N) is 2. The molecule has 2 heterocycles. The fourth-order valence-electron chi connectivity index (χ4n) is 2.84. The number of aryl methyl sites for hydroxylation is 1. The maximum atomic E-state index is 11.0. The quantitative estimate of drug-likeness (QED) is 0.636. The van der Waals surface area contributed by atoms with Gasteiger partial charge in [0.1, 0.15) is 11.7 Å². The predicted molar refractivity (Wildman–Crippen MR) is 97.5 cm³/mol. The van der Waals surface area contributed by atoms with E-state index in [0.29, 0.717) is 12.1 Å². The van der Waals surface area contributed by atoms with Gasteiger partial charge >= 0.3 is 0 Å². The van der Waals surface area contributed by atoms with Crippen molar-refractivity contribution in [3.05, 3.63) is 57.1 Å². The van der Waals surface area contributed by atoms with Gasteiger partial charge in [-0.25, -0.2) is 0 Å². The second-order valence-corrected chi connectivity index (χ2v) is 6.62. The molecule has 1 atom stereocenters. The summed E-state index contributed by atoms with van der Waals surface area (Å²) in [6, 6.07) is 8.03. The van der Waals surface area contributed by atoms with Crippen LogP contribution in [0.25, 0.3) is 23.4 Å². The lowest BCUT2D eigenvalue weighted by molar-refractivity contribution is -0.109. The number of benzene rings is 1. The Morgan fingerprint density at radius 2 is 2.08 bits per heavy atom. The Morgan fingerprint density at radius 3 is 2.76 bits per heavy atom. The summed E-state index contributed by atoms with van der Waals surface area (Å²) in [5, 5.41) is 11.1. The third-order valence-corrected chi connectivity index (χ3v) is 4.38. The van der Waals surface area contributed by atoms with Crippen LogP contribution in [-0.2, 0) is 10.3 Å². The van der Waals surface area contributed by atoms with E-state index in [-0.39, 0.29) is 6.17 Å². The van der Waals surface area contributed by atoms with Crippen LogP contribution in [0.2, 0.25) is 0 Å². The van der Waals surface area contributed by atoms with Crippen molar-refractivity contribution in [3.63, 3.8) is 0 Å². The Morgan fingerprint density at radius 1 is 1.28 bits per heavy atom. The summed E-state index contributed by atoms with van der Waals surface area (Å²) in [6.45, 7) is 5.50. The Kier molecular flexibility index (Phi) is 4.35. The topological polar surface area (TPSA) is 83.4 Å². The number of carbonyl (C=O) groups is 1. The van der Waals surface area contributed by atoms with Crippen molar-refractivity contribution in [1.82, 2.24) is 15.6 Å². The molecule has 0 spiro atoms. The molecule has 3 rings (SSSR count). The van der Waals surface area contributed by atoms with Crippen molar-refractivity contribution in [3.8, 4) is 11.1 Å². The number of fused-ring (bicyclic) bond motifs is 1. The highest BCUT2D eigenvalue weighted by Crippen LogP contribution is 2.27. The van der Waals surface area contributed by atoms with E-state index in [1.807, 2.05) is 37.4 Å². The first kappa shape index (κ1) is 16.8. The molecule has 2 N–H and O–H groups in total. The van der Waals surface area contributed by atoms with Crippen LogP contribution in [0.3, 0.4) is 0 Å². The van der Waals surface area contributed by atoms with Gasteiger partial charge in [0.2, 0.25) is 6.41 Å². The molecule has 0 saturated heterocycles. The lowest BCUT2D eigenvalue weighted by Gasteiger charge is -2.17. The van der Waals surface area contributed by atoms with E-state index in [1.54, 1.807) is 20.0 Å². The fourth-order valence-corrected chi connectivity index (χ4v) is 2.84. The van der Waals surface area contributed by atoms with Gasteiger partial charge in [-0.15, -0.1) is 4.91 Å². The smallest absolute Gasteiger partial charge is 0.208 e. The molecular weight excluding hydrogens is 316 g/mol. The highest BCUT2D eigenvalue weighted by molar-refractivity contribution is 5.67. The number of amides is 1. The van der Waals surface area contributed by atoms with Gasteiger partial charge < -0.3 is 10.6 Å². The van der Waals surface area contributed by atoms with E-state index >= 15 is 0 Å². The van der Waals surface area contributed by atoms with Gasteiger partial charge in [-0.1, -0.05) is 17.3 Å². The molecule has 1 amide bonds. The van der Waals surface area contributed by atoms with Crippen molar-refractivity contribution in [2.45, 2.75) is 32.5 Å². The average Bonchev–Trinajstić information content (AvgIpc) is 2.61. The molecular formula is C19H20N4O2. The summed E-state index contributed by atoms with van der Waals surface area (Å²) in [4.78, 5) is 26.0. The van der Waals surface area contributed by atoms with Crippen LogP contribution in [0.5, 0.6) is 0 Å². The van der Waals surface area contributed by atoms with Crippen LogP contribution in [0.1, 0.15) is 25.1 Å². The van der Waals surface area contributed by atoms with Crippen molar-refractivity contribution >= 4 is 18.7 Å². The Hall–Kier alpha value is -3.02. The minimum absolute atomic E-state index is 0.198. The molecule has 1 aliphatic heterocycles. The molecule has 0 radical (unpaired) electrons. The van der Waals surface area contributed by atoms with E-state index in [4.69, 9.17) is 0 Å². The normalized spacial score (nSPS) is 15.9. The van der Waals surface area contributed by atoms with Crippen LogP contribution < -0.4 is 21.1 Å². The third-order valence-electron chi connectivity index (χ3n) is 4.38. The second-order valence-electron chi connectivity index (χ2n) is 6.62. The Balaban J connectivity index is 2.01. The maximum Gasteiger partial charge on any atom is 0.208 e. The molecule has 6 nitrogen and oxygen atoms in total. The van der Waals surface area contributed by atoms with Crippen LogP contribution in [0.15, 0.2) is 35.6 Å². The lowest BCUT2D eigenvalue weighted by atomic mass is 9.95. The molecule has 2 aromatic rings. The molecule has 1 unspecified atom stereocenters. The van der Waals surface area contributed by atoms with Crippen LogP contribution in [-0.4, -0.2) is 17.6 Å². The molecule has 0 bridgehead atoms. The van der Waals surface area contributed by atoms with E-state index in [2.05, 4.69) is 26.9 Å².